The van der Waals surface area contributed by atoms with Crippen molar-refractivity contribution in [3.63, 3.8) is 0 Å². The van der Waals surface area contributed by atoms with Crippen LogP contribution in [0, 0.1) is 5.92 Å². The highest BCUT2D eigenvalue weighted by atomic mass is 32.1. The summed E-state index contributed by atoms with van der Waals surface area (Å²) < 4.78 is 5.44. The van der Waals surface area contributed by atoms with Gasteiger partial charge in [0.15, 0.2) is 0 Å². The minimum Gasteiger partial charge on any atom is -0.477 e. The summed E-state index contributed by atoms with van der Waals surface area (Å²) in [6, 6.07) is 3.80. The molecule has 2 N–H and O–H groups in total. The van der Waals surface area contributed by atoms with Crippen LogP contribution in [0.3, 0.4) is 0 Å². The quantitative estimate of drug-likeness (QED) is 0.763. The average molecular weight is 271 g/mol. The lowest BCUT2D eigenvalue weighted by Crippen LogP contribution is -2.37. The first-order valence-corrected chi connectivity index (χ1v) is 6.99. The molecule has 0 spiro atoms. The first kappa shape index (κ1) is 15.1. The molecule has 0 fully saturated rings. The molecule has 18 heavy (non-hydrogen) atoms. The van der Waals surface area contributed by atoms with Gasteiger partial charge in [-0.05, 0) is 25.0 Å². The van der Waals surface area contributed by atoms with Crippen LogP contribution >= 0.6 is 11.3 Å². The minimum atomic E-state index is -0.860. The van der Waals surface area contributed by atoms with Gasteiger partial charge in [0.25, 0.3) is 0 Å². The van der Waals surface area contributed by atoms with E-state index in [1.165, 1.54) is 11.3 Å². The monoisotopic (exact) mass is 271 g/mol. The Hall–Kier alpha value is -0.910. The average Bonchev–Trinajstić information content (AvgIpc) is 2.77. The first-order valence-electron chi connectivity index (χ1n) is 6.17. The Morgan fingerprint density at radius 2 is 2.22 bits per heavy atom. The Morgan fingerprint density at radius 1 is 1.50 bits per heavy atom. The summed E-state index contributed by atoms with van der Waals surface area (Å²) >= 11 is 1.32. The van der Waals surface area contributed by atoms with Gasteiger partial charge in [0.2, 0.25) is 0 Å². The van der Waals surface area contributed by atoms with Gasteiger partial charge in [-0.25, -0.2) is 4.79 Å². The van der Waals surface area contributed by atoms with E-state index < -0.39 is 5.97 Å². The molecule has 5 heteroatoms. The predicted molar refractivity (Wildman–Crippen MR) is 73.2 cm³/mol. The second-order valence-corrected chi connectivity index (χ2v) is 5.63. The van der Waals surface area contributed by atoms with E-state index in [0.29, 0.717) is 36.6 Å². The van der Waals surface area contributed by atoms with Crippen molar-refractivity contribution in [1.29, 1.82) is 0 Å². The Kier molecular flexibility index (Phi) is 6.32. The molecule has 0 aromatic carbocycles. The van der Waals surface area contributed by atoms with Crippen molar-refractivity contribution in [1.82, 2.24) is 5.32 Å². The van der Waals surface area contributed by atoms with Gasteiger partial charge in [-0.1, -0.05) is 13.8 Å². The molecule has 102 valence electrons. The number of hydrogen-bond acceptors (Lipinski definition) is 4. The first-order chi connectivity index (χ1) is 8.54. The van der Waals surface area contributed by atoms with E-state index in [1.807, 2.05) is 13.0 Å². The molecule has 1 atom stereocenters. The molecule has 1 aromatic heterocycles. The number of ether oxygens (including phenoxy) is 1. The van der Waals surface area contributed by atoms with Gasteiger partial charge in [0.1, 0.15) is 4.88 Å². The number of carbonyl (C=O) groups is 1. The fraction of sp³-hybridized carbons (Fsp3) is 0.615. The molecule has 0 aliphatic carbocycles. The summed E-state index contributed by atoms with van der Waals surface area (Å²) in [5.74, 6) is -0.378. The molecule has 0 aliphatic heterocycles. The van der Waals surface area contributed by atoms with E-state index >= 15 is 0 Å². The highest BCUT2D eigenvalue weighted by Crippen LogP contribution is 2.16. The van der Waals surface area contributed by atoms with Crippen molar-refractivity contribution in [3.05, 3.63) is 21.9 Å². The van der Waals surface area contributed by atoms with Crippen LogP contribution in [-0.2, 0) is 11.3 Å². The maximum atomic E-state index is 10.8. The van der Waals surface area contributed by atoms with Crippen LogP contribution in [0.4, 0.5) is 0 Å². The number of thiophene rings is 1. The second-order valence-electron chi connectivity index (χ2n) is 4.46. The third-order valence-electron chi connectivity index (χ3n) is 2.72. The lowest BCUT2D eigenvalue weighted by atomic mass is 10.1. The van der Waals surface area contributed by atoms with Crippen molar-refractivity contribution >= 4 is 17.3 Å². The highest BCUT2D eigenvalue weighted by molar-refractivity contribution is 7.13. The summed E-state index contributed by atoms with van der Waals surface area (Å²) in [7, 11) is 0. The van der Waals surface area contributed by atoms with Crippen molar-refractivity contribution in [2.45, 2.75) is 33.4 Å². The van der Waals surface area contributed by atoms with Crippen LogP contribution in [-0.4, -0.2) is 30.3 Å². The van der Waals surface area contributed by atoms with Crippen molar-refractivity contribution in [2.75, 3.05) is 13.2 Å². The number of nitrogens with one attached hydrogen (secondary N) is 1. The Morgan fingerprint density at radius 3 is 2.72 bits per heavy atom. The zero-order valence-corrected chi connectivity index (χ0v) is 11.9. The van der Waals surface area contributed by atoms with Crippen molar-refractivity contribution in [3.8, 4) is 0 Å². The topological polar surface area (TPSA) is 58.6 Å². The molecule has 0 saturated carbocycles. The third kappa shape index (κ3) is 4.76. The van der Waals surface area contributed by atoms with E-state index in [-0.39, 0.29) is 0 Å². The highest BCUT2D eigenvalue weighted by Gasteiger charge is 2.14. The lowest BCUT2D eigenvalue weighted by Gasteiger charge is -2.21. The molecule has 1 unspecified atom stereocenters. The molecule has 0 aliphatic rings. The van der Waals surface area contributed by atoms with Gasteiger partial charge in [-0.2, -0.15) is 0 Å². The summed E-state index contributed by atoms with van der Waals surface area (Å²) in [5, 5.41) is 12.3. The van der Waals surface area contributed by atoms with Crippen LogP contribution in [0.1, 0.15) is 35.3 Å². The molecule has 1 rings (SSSR count). The number of carboxylic acids is 1. The molecule has 1 aromatic rings. The summed E-state index contributed by atoms with van der Waals surface area (Å²) in [5.41, 5.74) is 0. The van der Waals surface area contributed by atoms with Crippen LogP contribution in [0.2, 0.25) is 0 Å². The van der Waals surface area contributed by atoms with Gasteiger partial charge in [-0.3, -0.25) is 0 Å². The molecular weight excluding hydrogens is 250 g/mol. The smallest absolute Gasteiger partial charge is 0.345 e. The summed E-state index contributed by atoms with van der Waals surface area (Å²) in [4.78, 5) is 12.2. The van der Waals surface area contributed by atoms with E-state index in [1.54, 1.807) is 6.07 Å². The third-order valence-corrected chi connectivity index (χ3v) is 3.79. The summed E-state index contributed by atoms with van der Waals surface area (Å²) in [6.45, 7) is 8.36. The van der Waals surface area contributed by atoms with Gasteiger partial charge in [-0.15, -0.1) is 11.3 Å². The zero-order valence-electron chi connectivity index (χ0n) is 11.1. The van der Waals surface area contributed by atoms with E-state index in [9.17, 15) is 4.79 Å². The van der Waals surface area contributed by atoms with Crippen LogP contribution in [0.15, 0.2) is 12.1 Å². The van der Waals surface area contributed by atoms with Gasteiger partial charge in [0.05, 0.1) is 6.61 Å². The van der Waals surface area contributed by atoms with Crippen molar-refractivity contribution < 1.29 is 14.6 Å². The number of rotatable bonds is 8. The van der Waals surface area contributed by atoms with Crippen LogP contribution < -0.4 is 5.32 Å². The molecule has 0 bridgehead atoms. The predicted octanol–water partition coefficient (Wildman–Crippen LogP) is 2.60. The number of aromatic carboxylic acids is 1. The SMILES string of the molecule is CCOCC(NCc1ccc(C(=O)O)s1)C(C)C. The minimum absolute atomic E-state index is 0.292. The van der Waals surface area contributed by atoms with Crippen LogP contribution in [0.25, 0.3) is 0 Å². The fourth-order valence-electron chi connectivity index (χ4n) is 1.55. The fourth-order valence-corrected chi connectivity index (χ4v) is 2.35. The van der Waals surface area contributed by atoms with Gasteiger partial charge in [0, 0.05) is 24.1 Å². The molecule has 1 heterocycles. The van der Waals surface area contributed by atoms with E-state index in [0.717, 1.165) is 4.88 Å². The Labute approximate surface area is 112 Å². The number of carboxylic acid groups (broad SMARTS) is 1. The maximum Gasteiger partial charge on any atom is 0.345 e. The molecule has 0 radical (unpaired) electrons. The Bertz CT molecular complexity index is 376. The molecule has 0 amide bonds. The second kappa shape index (κ2) is 7.51. The van der Waals surface area contributed by atoms with Gasteiger partial charge < -0.3 is 15.2 Å². The summed E-state index contributed by atoms with van der Waals surface area (Å²) in [6.07, 6.45) is 0. The van der Waals surface area contributed by atoms with E-state index in [4.69, 9.17) is 9.84 Å². The molecule has 0 saturated heterocycles. The maximum absolute atomic E-state index is 10.8. The molecular formula is C13H21NO3S. The lowest BCUT2D eigenvalue weighted by molar-refractivity contribution is 0.0702. The zero-order chi connectivity index (χ0) is 13.5. The van der Waals surface area contributed by atoms with Crippen LogP contribution in [0.5, 0.6) is 0 Å². The van der Waals surface area contributed by atoms with E-state index in [2.05, 4.69) is 19.2 Å². The van der Waals surface area contributed by atoms with Gasteiger partial charge >= 0.3 is 5.97 Å². The normalized spacial score (nSPS) is 12.9. The number of hydrogen-bond donors (Lipinski definition) is 2. The molecule has 4 nitrogen and oxygen atoms in total. The Balaban J connectivity index is 2.47. The standard InChI is InChI=1S/C13H21NO3S/c1-4-17-8-11(9(2)3)14-7-10-5-6-12(18-10)13(15)16/h5-6,9,11,14H,4,7-8H2,1-3H3,(H,15,16). The van der Waals surface area contributed by atoms with Crippen molar-refractivity contribution in [2.24, 2.45) is 5.92 Å². The largest absolute Gasteiger partial charge is 0.477 e.